The van der Waals surface area contributed by atoms with Gasteiger partial charge in [-0.05, 0) is 19.1 Å². The highest BCUT2D eigenvalue weighted by Gasteiger charge is 2.07. The number of esters is 1. The van der Waals surface area contributed by atoms with E-state index >= 15 is 0 Å². The maximum atomic E-state index is 11.5. The van der Waals surface area contributed by atoms with Gasteiger partial charge in [0.25, 0.3) is 0 Å². The summed E-state index contributed by atoms with van der Waals surface area (Å²) in [5.41, 5.74) is 7.26. The van der Waals surface area contributed by atoms with Crippen LogP contribution in [0.4, 0.5) is 5.95 Å². The van der Waals surface area contributed by atoms with Crippen molar-refractivity contribution in [3.05, 3.63) is 36.0 Å². The first-order valence-electron chi connectivity index (χ1n) is 5.43. The van der Waals surface area contributed by atoms with Gasteiger partial charge in [0.1, 0.15) is 5.69 Å². The lowest BCUT2D eigenvalue weighted by atomic mass is 10.1. The van der Waals surface area contributed by atoms with Gasteiger partial charge in [-0.15, -0.1) is 10.2 Å². The van der Waals surface area contributed by atoms with Crippen molar-refractivity contribution in [3.8, 4) is 11.3 Å². The summed E-state index contributed by atoms with van der Waals surface area (Å²) in [6, 6.07) is 6.86. The van der Waals surface area contributed by atoms with Gasteiger partial charge in [-0.2, -0.15) is 0 Å². The molecule has 0 radical (unpaired) electrons. The average Bonchev–Trinajstić information content (AvgIpc) is 2.40. The van der Waals surface area contributed by atoms with Crippen molar-refractivity contribution in [2.45, 2.75) is 6.92 Å². The van der Waals surface area contributed by atoms with Crippen LogP contribution < -0.4 is 5.73 Å². The molecule has 18 heavy (non-hydrogen) atoms. The lowest BCUT2D eigenvalue weighted by Gasteiger charge is -2.03. The maximum Gasteiger partial charge on any atom is 0.338 e. The predicted octanol–water partition coefficient (Wildman–Crippen LogP) is 1.30. The number of nitrogens with zero attached hydrogens (tertiary/aromatic N) is 3. The van der Waals surface area contributed by atoms with Crippen molar-refractivity contribution in [2.24, 2.45) is 0 Å². The highest BCUT2D eigenvalue weighted by atomic mass is 16.5. The molecule has 0 bridgehead atoms. The van der Waals surface area contributed by atoms with E-state index in [-0.39, 0.29) is 11.9 Å². The van der Waals surface area contributed by atoms with Crippen LogP contribution in [0.3, 0.4) is 0 Å². The van der Waals surface area contributed by atoms with Gasteiger partial charge < -0.3 is 10.5 Å². The molecule has 0 spiro atoms. The Kier molecular flexibility index (Phi) is 3.47. The van der Waals surface area contributed by atoms with Gasteiger partial charge in [0.15, 0.2) is 0 Å². The molecule has 2 aromatic rings. The van der Waals surface area contributed by atoms with Gasteiger partial charge in [0, 0.05) is 5.56 Å². The fourth-order valence-electron chi connectivity index (χ4n) is 1.41. The third-order valence-electron chi connectivity index (χ3n) is 2.27. The van der Waals surface area contributed by atoms with Gasteiger partial charge in [0.2, 0.25) is 5.95 Å². The number of aromatic nitrogens is 3. The van der Waals surface area contributed by atoms with Crippen LogP contribution in [0.25, 0.3) is 11.3 Å². The fourth-order valence-corrected chi connectivity index (χ4v) is 1.41. The van der Waals surface area contributed by atoms with E-state index in [1.165, 1.54) is 6.20 Å². The van der Waals surface area contributed by atoms with Gasteiger partial charge >= 0.3 is 5.97 Å². The van der Waals surface area contributed by atoms with Crippen LogP contribution in [0.15, 0.2) is 30.5 Å². The second-order valence-electron chi connectivity index (χ2n) is 3.50. The zero-order valence-electron chi connectivity index (χ0n) is 9.83. The monoisotopic (exact) mass is 244 g/mol. The van der Waals surface area contributed by atoms with Crippen LogP contribution in [0, 0.1) is 0 Å². The molecule has 0 saturated heterocycles. The Morgan fingerprint density at radius 2 is 2.00 bits per heavy atom. The number of anilines is 1. The molecule has 2 N–H and O–H groups in total. The number of rotatable bonds is 3. The molecule has 2 rings (SSSR count). The first-order valence-corrected chi connectivity index (χ1v) is 5.43. The molecule has 0 unspecified atom stereocenters. The van der Waals surface area contributed by atoms with E-state index in [0.717, 1.165) is 5.56 Å². The normalized spacial score (nSPS) is 10.1. The van der Waals surface area contributed by atoms with E-state index in [2.05, 4.69) is 15.2 Å². The fraction of sp³-hybridized carbons (Fsp3) is 0.167. The van der Waals surface area contributed by atoms with Crippen molar-refractivity contribution in [1.29, 1.82) is 0 Å². The average molecular weight is 244 g/mol. The Hall–Kier alpha value is -2.50. The number of benzene rings is 1. The quantitative estimate of drug-likeness (QED) is 0.818. The number of ether oxygens (including phenoxy) is 1. The van der Waals surface area contributed by atoms with Gasteiger partial charge in [-0.3, -0.25) is 0 Å². The zero-order chi connectivity index (χ0) is 13.0. The van der Waals surface area contributed by atoms with Crippen LogP contribution in [0.1, 0.15) is 17.3 Å². The minimum Gasteiger partial charge on any atom is -0.462 e. The first-order chi connectivity index (χ1) is 8.70. The molecule has 6 nitrogen and oxygen atoms in total. The Bertz CT molecular complexity index is 537. The van der Waals surface area contributed by atoms with Crippen molar-refractivity contribution < 1.29 is 9.53 Å². The number of nitrogens with two attached hydrogens (primary N) is 1. The third kappa shape index (κ3) is 2.60. The molecule has 0 fully saturated rings. The largest absolute Gasteiger partial charge is 0.462 e. The summed E-state index contributed by atoms with van der Waals surface area (Å²) in [5.74, 6) is -0.215. The summed E-state index contributed by atoms with van der Waals surface area (Å²) in [6.45, 7) is 2.12. The van der Waals surface area contributed by atoms with E-state index in [0.29, 0.717) is 17.9 Å². The highest BCUT2D eigenvalue weighted by molar-refractivity contribution is 5.89. The summed E-state index contributed by atoms with van der Waals surface area (Å²) in [4.78, 5) is 15.3. The summed E-state index contributed by atoms with van der Waals surface area (Å²) < 4.78 is 4.89. The summed E-state index contributed by atoms with van der Waals surface area (Å²) >= 11 is 0. The number of carbonyl (C=O) groups is 1. The van der Waals surface area contributed by atoms with E-state index in [1.807, 2.05) is 0 Å². The van der Waals surface area contributed by atoms with E-state index < -0.39 is 0 Å². The molecule has 0 aliphatic rings. The molecule has 1 heterocycles. The molecule has 0 aliphatic carbocycles. The SMILES string of the molecule is CCOC(=O)c1ccc(-c2cnc(N)nn2)cc1. The molecule has 0 saturated carbocycles. The molecule has 0 atom stereocenters. The van der Waals surface area contributed by atoms with E-state index in [1.54, 1.807) is 31.2 Å². The Balaban J connectivity index is 2.22. The van der Waals surface area contributed by atoms with Gasteiger partial charge in [-0.25, -0.2) is 9.78 Å². The summed E-state index contributed by atoms with van der Waals surface area (Å²) in [6.07, 6.45) is 1.53. The lowest BCUT2D eigenvalue weighted by molar-refractivity contribution is 0.0526. The summed E-state index contributed by atoms with van der Waals surface area (Å²) in [7, 11) is 0. The number of hydrogen-bond donors (Lipinski definition) is 1. The van der Waals surface area contributed by atoms with E-state index in [9.17, 15) is 4.79 Å². The number of nitrogen functional groups attached to an aromatic ring is 1. The molecule has 6 heteroatoms. The highest BCUT2D eigenvalue weighted by Crippen LogP contribution is 2.16. The molecule has 92 valence electrons. The smallest absolute Gasteiger partial charge is 0.338 e. The van der Waals surface area contributed by atoms with Crippen molar-refractivity contribution >= 4 is 11.9 Å². The standard InChI is InChI=1S/C12H12N4O2/c1-2-18-11(17)9-5-3-8(4-6-9)10-7-14-12(13)16-15-10/h3-7H,2H2,1H3,(H2,13,14,16). The Labute approximate surface area is 104 Å². The molecule has 0 amide bonds. The van der Waals surface area contributed by atoms with Gasteiger partial charge in [-0.1, -0.05) is 12.1 Å². The molecular formula is C12H12N4O2. The van der Waals surface area contributed by atoms with Crippen LogP contribution >= 0.6 is 0 Å². The minimum absolute atomic E-state index is 0.127. The van der Waals surface area contributed by atoms with Crippen LogP contribution in [0.5, 0.6) is 0 Å². The zero-order valence-corrected chi connectivity index (χ0v) is 9.83. The Morgan fingerprint density at radius 3 is 2.56 bits per heavy atom. The molecule has 0 aliphatic heterocycles. The van der Waals surface area contributed by atoms with Crippen molar-refractivity contribution in [1.82, 2.24) is 15.2 Å². The lowest BCUT2D eigenvalue weighted by Crippen LogP contribution is -2.04. The van der Waals surface area contributed by atoms with Crippen molar-refractivity contribution in [2.75, 3.05) is 12.3 Å². The van der Waals surface area contributed by atoms with Crippen molar-refractivity contribution in [3.63, 3.8) is 0 Å². The van der Waals surface area contributed by atoms with Crippen LogP contribution in [-0.2, 0) is 4.74 Å². The predicted molar refractivity (Wildman–Crippen MR) is 65.6 cm³/mol. The Morgan fingerprint density at radius 1 is 1.28 bits per heavy atom. The second-order valence-corrected chi connectivity index (χ2v) is 3.50. The molecule has 1 aromatic heterocycles. The summed E-state index contributed by atoms with van der Waals surface area (Å²) in [5, 5.41) is 7.57. The minimum atomic E-state index is -0.342. The van der Waals surface area contributed by atoms with E-state index in [4.69, 9.17) is 10.5 Å². The molecule has 1 aromatic carbocycles. The number of hydrogen-bond acceptors (Lipinski definition) is 6. The maximum absolute atomic E-state index is 11.5. The second kappa shape index (κ2) is 5.22. The number of carbonyl (C=O) groups excluding carboxylic acids is 1. The van der Waals surface area contributed by atoms with Gasteiger partial charge in [0.05, 0.1) is 18.4 Å². The topological polar surface area (TPSA) is 91.0 Å². The van der Waals surface area contributed by atoms with Crippen LogP contribution in [-0.4, -0.2) is 27.8 Å². The van der Waals surface area contributed by atoms with Crippen LogP contribution in [0.2, 0.25) is 0 Å². The molecular weight excluding hydrogens is 232 g/mol. The third-order valence-corrected chi connectivity index (χ3v) is 2.27. The first kappa shape index (κ1) is 12.0.